The maximum atomic E-state index is 12.5. The average Bonchev–Trinajstić information content (AvgIpc) is 2.44. The second-order valence-electron chi connectivity index (χ2n) is 4.42. The topological polar surface area (TPSA) is 35.2 Å². The fourth-order valence-corrected chi connectivity index (χ4v) is 2.26. The van der Waals surface area contributed by atoms with Crippen molar-refractivity contribution in [3.8, 4) is 5.75 Å². The monoisotopic (exact) mass is 359 g/mol. The van der Waals surface area contributed by atoms with E-state index < -0.39 is 17.8 Å². The van der Waals surface area contributed by atoms with Crippen LogP contribution in [0.1, 0.15) is 17.2 Å². The van der Waals surface area contributed by atoms with Gasteiger partial charge in [-0.25, -0.2) is 0 Å². The molecular formula is C15H13BrF3NO. The molecule has 2 rings (SSSR count). The summed E-state index contributed by atoms with van der Waals surface area (Å²) in [4.78, 5) is 0. The molecule has 2 aromatic rings. The molecule has 0 spiro atoms. The molecule has 0 saturated carbocycles. The molecule has 1 unspecified atom stereocenters. The molecule has 0 amide bonds. The molecule has 2 N–H and O–H groups in total. The normalized spacial score (nSPS) is 13.0. The van der Waals surface area contributed by atoms with Gasteiger partial charge in [-0.2, -0.15) is 13.2 Å². The molecule has 21 heavy (non-hydrogen) atoms. The summed E-state index contributed by atoms with van der Waals surface area (Å²) in [5.41, 5.74) is 5.83. The maximum Gasteiger partial charge on any atom is 0.416 e. The first-order valence-corrected chi connectivity index (χ1v) is 6.99. The van der Waals surface area contributed by atoms with Crippen LogP contribution in [0.4, 0.5) is 13.2 Å². The molecule has 6 heteroatoms. The van der Waals surface area contributed by atoms with Crippen molar-refractivity contribution in [3.63, 3.8) is 0 Å². The summed E-state index contributed by atoms with van der Waals surface area (Å²) in [6, 6.07) is 12.0. The van der Waals surface area contributed by atoms with Gasteiger partial charge in [-0.3, -0.25) is 0 Å². The number of rotatable bonds is 4. The van der Waals surface area contributed by atoms with Crippen LogP contribution < -0.4 is 10.5 Å². The summed E-state index contributed by atoms with van der Waals surface area (Å²) in [6.45, 7) is 0.220. The third kappa shape index (κ3) is 4.22. The van der Waals surface area contributed by atoms with Crippen LogP contribution in [0.3, 0.4) is 0 Å². The van der Waals surface area contributed by atoms with E-state index in [2.05, 4.69) is 15.9 Å². The van der Waals surface area contributed by atoms with E-state index in [1.165, 1.54) is 12.1 Å². The highest BCUT2D eigenvalue weighted by molar-refractivity contribution is 9.10. The van der Waals surface area contributed by atoms with Gasteiger partial charge in [0.05, 0.1) is 5.56 Å². The number of ether oxygens (including phenoxy) is 1. The van der Waals surface area contributed by atoms with E-state index in [9.17, 15) is 13.2 Å². The van der Waals surface area contributed by atoms with Crippen LogP contribution in [0.5, 0.6) is 5.75 Å². The number of hydrogen-bond acceptors (Lipinski definition) is 2. The largest absolute Gasteiger partial charge is 0.484 e. The minimum absolute atomic E-state index is 0.220. The Bertz CT molecular complexity index is 599. The third-order valence-electron chi connectivity index (χ3n) is 2.89. The predicted octanol–water partition coefficient (Wildman–Crippen LogP) is 4.55. The Hall–Kier alpha value is -1.53. The number of halogens is 4. The molecule has 0 radical (unpaired) electrons. The molecule has 2 aromatic carbocycles. The lowest BCUT2D eigenvalue weighted by Crippen LogP contribution is -2.18. The Kier molecular flexibility index (Phi) is 4.90. The standard InChI is InChI=1S/C15H13BrF3NO/c16-12-3-1-2-10(8-12)14(9-20)21-13-6-4-11(5-7-13)15(17,18)19/h1-8,14H,9,20H2. The van der Waals surface area contributed by atoms with E-state index >= 15 is 0 Å². The number of alkyl halides is 3. The SMILES string of the molecule is NCC(Oc1ccc(C(F)(F)F)cc1)c1cccc(Br)c1. The third-order valence-corrected chi connectivity index (χ3v) is 3.39. The van der Waals surface area contributed by atoms with Crippen LogP contribution in [-0.4, -0.2) is 6.54 Å². The van der Waals surface area contributed by atoms with Crippen LogP contribution in [0, 0.1) is 0 Å². The van der Waals surface area contributed by atoms with Gasteiger partial charge in [0.2, 0.25) is 0 Å². The molecule has 0 aromatic heterocycles. The Labute approximate surface area is 128 Å². The molecule has 2 nitrogen and oxygen atoms in total. The van der Waals surface area contributed by atoms with Crippen LogP contribution >= 0.6 is 15.9 Å². The van der Waals surface area contributed by atoms with Gasteiger partial charge < -0.3 is 10.5 Å². The smallest absolute Gasteiger partial charge is 0.416 e. The highest BCUT2D eigenvalue weighted by atomic mass is 79.9. The zero-order chi connectivity index (χ0) is 15.5. The van der Waals surface area contributed by atoms with Gasteiger partial charge in [-0.05, 0) is 42.0 Å². The first kappa shape index (κ1) is 15.9. The van der Waals surface area contributed by atoms with Gasteiger partial charge in [0.15, 0.2) is 0 Å². The van der Waals surface area contributed by atoms with Gasteiger partial charge in [-0.1, -0.05) is 28.1 Å². The van der Waals surface area contributed by atoms with Crippen LogP contribution in [-0.2, 0) is 6.18 Å². The summed E-state index contributed by atoms with van der Waals surface area (Å²) >= 11 is 3.36. The number of hydrogen-bond donors (Lipinski definition) is 1. The molecule has 0 aliphatic carbocycles. The molecule has 112 valence electrons. The molecule has 0 bridgehead atoms. The lowest BCUT2D eigenvalue weighted by atomic mass is 10.1. The number of nitrogens with two attached hydrogens (primary N) is 1. The zero-order valence-electron chi connectivity index (χ0n) is 10.9. The molecule has 1 atom stereocenters. The highest BCUT2D eigenvalue weighted by Crippen LogP contribution is 2.31. The van der Waals surface area contributed by atoms with Crippen LogP contribution in [0.25, 0.3) is 0 Å². The van der Waals surface area contributed by atoms with Crippen molar-refractivity contribution in [2.24, 2.45) is 5.73 Å². The minimum atomic E-state index is -4.35. The fourth-order valence-electron chi connectivity index (χ4n) is 1.85. The van der Waals surface area contributed by atoms with E-state index in [4.69, 9.17) is 10.5 Å². The zero-order valence-corrected chi connectivity index (χ0v) is 12.5. The Morgan fingerprint density at radius 2 is 1.76 bits per heavy atom. The Morgan fingerprint density at radius 1 is 1.10 bits per heavy atom. The van der Waals surface area contributed by atoms with E-state index in [1.807, 2.05) is 24.3 Å². The lowest BCUT2D eigenvalue weighted by molar-refractivity contribution is -0.137. The van der Waals surface area contributed by atoms with E-state index in [1.54, 1.807) is 0 Å². The van der Waals surface area contributed by atoms with Gasteiger partial charge in [0.1, 0.15) is 11.9 Å². The maximum absolute atomic E-state index is 12.5. The van der Waals surface area contributed by atoms with Gasteiger partial charge in [0, 0.05) is 11.0 Å². The summed E-state index contributed by atoms with van der Waals surface area (Å²) in [6.07, 6.45) is -4.77. The van der Waals surface area contributed by atoms with Crippen molar-refractivity contribution in [3.05, 3.63) is 64.1 Å². The molecule has 0 aliphatic rings. The second kappa shape index (κ2) is 6.49. The van der Waals surface area contributed by atoms with E-state index in [-0.39, 0.29) is 6.54 Å². The van der Waals surface area contributed by atoms with Gasteiger partial charge >= 0.3 is 6.18 Å². The first-order chi connectivity index (χ1) is 9.90. The van der Waals surface area contributed by atoms with Gasteiger partial charge in [-0.15, -0.1) is 0 Å². The summed E-state index contributed by atoms with van der Waals surface area (Å²) in [5.74, 6) is 0.346. The summed E-state index contributed by atoms with van der Waals surface area (Å²) < 4.78 is 44.0. The Morgan fingerprint density at radius 3 is 2.29 bits per heavy atom. The quantitative estimate of drug-likeness (QED) is 0.869. The highest BCUT2D eigenvalue weighted by Gasteiger charge is 2.30. The lowest BCUT2D eigenvalue weighted by Gasteiger charge is -2.18. The fraction of sp³-hybridized carbons (Fsp3) is 0.200. The summed E-state index contributed by atoms with van der Waals surface area (Å²) in [7, 11) is 0. The van der Waals surface area contributed by atoms with Crippen molar-refractivity contribution >= 4 is 15.9 Å². The van der Waals surface area contributed by atoms with E-state index in [0.29, 0.717) is 5.75 Å². The molecular weight excluding hydrogens is 347 g/mol. The predicted molar refractivity (Wildman–Crippen MR) is 78.0 cm³/mol. The Balaban J connectivity index is 2.15. The van der Waals surface area contributed by atoms with Crippen molar-refractivity contribution in [1.29, 1.82) is 0 Å². The van der Waals surface area contributed by atoms with Crippen molar-refractivity contribution in [2.75, 3.05) is 6.54 Å². The van der Waals surface area contributed by atoms with Crippen molar-refractivity contribution < 1.29 is 17.9 Å². The van der Waals surface area contributed by atoms with Gasteiger partial charge in [0.25, 0.3) is 0 Å². The van der Waals surface area contributed by atoms with Crippen molar-refractivity contribution in [2.45, 2.75) is 12.3 Å². The van der Waals surface area contributed by atoms with E-state index in [0.717, 1.165) is 22.2 Å². The molecule has 0 saturated heterocycles. The van der Waals surface area contributed by atoms with Crippen LogP contribution in [0.2, 0.25) is 0 Å². The van der Waals surface area contributed by atoms with Crippen LogP contribution in [0.15, 0.2) is 53.0 Å². The first-order valence-electron chi connectivity index (χ1n) is 6.19. The number of benzene rings is 2. The summed E-state index contributed by atoms with van der Waals surface area (Å²) in [5, 5.41) is 0. The molecule has 0 aliphatic heterocycles. The average molecular weight is 360 g/mol. The second-order valence-corrected chi connectivity index (χ2v) is 5.34. The molecule has 0 heterocycles. The van der Waals surface area contributed by atoms with Crippen molar-refractivity contribution in [1.82, 2.24) is 0 Å². The minimum Gasteiger partial charge on any atom is -0.484 e. The molecule has 0 fully saturated rings.